The molecule has 10 N–H and O–H groups in total. The van der Waals surface area contributed by atoms with Crippen molar-refractivity contribution in [2.45, 2.75) is 30.7 Å². The van der Waals surface area contributed by atoms with Crippen molar-refractivity contribution in [3.05, 3.63) is 54.1 Å². The van der Waals surface area contributed by atoms with E-state index >= 15 is 0 Å². The molecule has 0 bridgehead atoms. The number of esters is 1. The Balaban J connectivity index is 1.59. The number of hydrogen-bond donors (Lipinski definition) is 10. The molecule has 1 fully saturated rings. The van der Waals surface area contributed by atoms with Gasteiger partial charge in [0, 0.05) is 18.2 Å². The SMILES string of the molecule is O=C(O[C@@H]1C(O)[C@@H](O)C(CO)O[C@H]1Oc1cc2c(O)cc(O)cc2[o+]c1-c1ccc(O)c(O)c1)c1cc(O)c(O)c(O)c1. The van der Waals surface area contributed by atoms with Gasteiger partial charge in [0.05, 0.1) is 23.8 Å². The van der Waals surface area contributed by atoms with Crippen LogP contribution in [0, 0.1) is 0 Å². The van der Waals surface area contributed by atoms with Crippen LogP contribution >= 0.6 is 0 Å². The third-order valence-electron chi connectivity index (χ3n) is 6.67. The number of hydrogen-bond acceptors (Lipinski definition) is 14. The summed E-state index contributed by atoms with van der Waals surface area (Å²) in [4.78, 5) is 12.9. The molecule has 43 heavy (non-hydrogen) atoms. The summed E-state index contributed by atoms with van der Waals surface area (Å²) in [6.07, 6.45) is -8.79. The molecule has 15 heteroatoms. The van der Waals surface area contributed by atoms with Crippen LogP contribution < -0.4 is 4.74 Å². The van der Waals surface area contributed by atoms with E-state index in [4.69, 9.17) is 18.6 Å². The van der Waals surface area contributed by atoms with Crippen molar-refractivity contribution in [2.75, 3.05) is 6.61 Å². The van der Waals surface area contributed by atoms with E-state index in [1.54, 1.807) is 0 Å². The fourth-order valence-corrected chi connectivity index (χ4v) is 4.45. The molecular formula is C28H25O15+. The summed E-state index contributed by atoms with van der Waals surface area (Å²) in [6, 6.07) is 8.53. The zero-order valence-electron chi connectivity index (χ0n) is 21.7. The molecule has 0 spiro atoms. The first-order chi connectivity index (χ1) is 20.4. The fourth-order valence-electron chi connectivity index (χ4n) is 4.45. The number of phenols is 7. The van der Waals surface area contributed by atoms with Crippen LogP contribution in [0.3, 0.4) is 0 Å². The second-order valence-corrected chi connectivity index (χ2v) is 9.58. The molecular weight excluding hydrogens is 576 g/mol. The molecule has 1 saturated heterocycles. The third-order valence-corrected chi connectivity index (χ3v) is 6.67. The molecule has 0 radical (unpaired) electrons. The molecule has 0 aliphatic carbocycles. The van der Waals surface area contributed by atoms with E-state index in [1.165, 1.54) is 18.2 Å². The van der Waals surface area contributed by atoms with Crippen molar-refractivity contribution in [3.8, 4) is 57.3 Å². The Morgan fingerprint density at radius 2 is 1.51 bits per heavy atom. The van der Waals surface area contributed by atoms with Gasteiger partial charge in [0.25, 0.3) is 0 Å². The first-order valence-electron chi connectivity index (χ1n) is 12.5. The average molecular weight is 601 g/mol. The number of phenolic OH excluding ortho intramolecular Hbond substituents is 7. The summed E-state index contributed by atoms with van der Waals surface area (Å²) in [6.45, 7) is -0.806. The molecule has 0 amide bonds. The summed E-state index contributed by atoms with van der Waals surface area (Å²) in [7, 11) is 0. The minimum Gasteiger partial charge on any atom is -0.507 e. The number of fused-ring (bicyclic) bond motifs is 1. The smallest absolute Gasteiger partial charge is 0.402 e. The molecule has 3 aromatic carbocycles. The Kier molecular flexibility index (Phi) is 7.64. The lowest BCUT2D eigenvalue weighted by atomic mass is 9.99. The van der Waals surface area contributed by atoms with E-state index in [1.807, 2.05) is 0 Å². The monoisotopic (exact) mass is 601 g/mol. The van der Waals surface area contributed by atoms with Crippen molar-refractivity contribution < 1.29 is 74.5 Å². The van der Waals surface area contributed by atoms with Gasteiger partial charge in [-0.1, -0.05) is 0 Å². The summed E-state index contributed by atoms with van der Waals surface area (Å²) in [5, 5.41) is 100. The van der Waals surface area contributed by atoms with Gasteiger partial charge in [-0.05, 0) is 24.3 Å². The molecule has 5 atom stereocenters. The Hall–Kier alpha value is -5.22. The van der Waals surface area contributed by atoms with Gasteiger partial charge in [0.1, 0.15) is 35.2 Å². The summed E-state index contributed by atoms with van der Waals surface area (Å²) in [5.74, 6) is -6.09. The van der Waals surface area contributed by atoms with Crippen LogP contribution in [-0.4, -0.2) is 94.3 Å². The van der Waals surface area contributed by atoms with Crippen LogP contribution in [0.2, 0.25) is 0 Å². The van der Waals surface area contributed by atoms with Gasteiger partial charge in [0.2, 0.25) is 12.0 Å². The van der Waals surface area contributed by atoms with E-state index < -0.39 is 83.3 Å². The van der Waals surface area contributed by atoms with Crippen LogP contribution in [0.5, 0.6) is 46.0 Å². The maximum Gasteiger partial charge on any atom is 0.402 e. The molecule has 4 aromatic rings. The van der Waals surface area contributed by atoms with Crippen LogP contribution in [0.1, 0.15) is 10.4 Å². The predicted molar refractivity (Wildman–Crippen MR) is 142 cm³/mol. The lowest BCUT2D eigenvalue weighted by Crippen LogP contribution is -2.61. The summed E-state index contributed by atoms with van der Waals surface area (Å²) < 4.78 is 22.7. The maximum absolute atomic E-state index is 12.9. The number of aliphatic hydroxyl groups is 3. The van der Waals surface area contributed by atoms with Gasteiger partial charge in [-0.25, -0.2) is 9.21 Å². The third kappa shape index (κ3) is 5.52. The van der Waals surface area contributed by atoms with Crippen LogP contribution in [0.4, 0.5) is 0 Å². The van der Waals surface area contributed by atoms with E-state index in [9.17, 15) is 55.9 Å². The normalized spacial score (nSPS) is 21.9. The van der Waals surface area contributed by atoms with Gasteiger partial charge in [-0.3, -0.25) is 0 Å². The molecule has 1 aromatic heterocycles. The Bertz CT molecular complexity index is 1680. The number of benzene rings is 3. The molecule has 0 saturated carbocycles. The lowest BCUT2D eigenvalue weighted by molar-refractivity contribution is -0.276. The van der Waals surface area contributed by atoms with Gasteiger partial charge < -0.3 is 65.3 Å². The van der Waals surface area contributed by atoms with Crippen LogP contribution in [-0.2, 0) is 9.47 Å². The zero-order chi connectivity index (χ0) is 31.2. The van der Waals surface area contributed by atoms with Crippen molar-refractivity contribution in [3.63, 3.8) is 0 Å². The van der Waals surface area contributed by atoms with Gasteiger partial charge in [-0.15, -0.1) is 0 Å². The largest absolute Gasteiger partial charge is 0.507 e. The average Bonchev–Trinajstić information content (AvgIpc) is 2.96. The molecule has 1 aliphatic heterocycles. The Morgan fingerprint density at radius 3 is 2.16 bits per heavy atom. The predicted octanol–water partition coefficient (Wildman–Crippen LogP) is 1.36. The van der Waals surface area contributed by atoms with Crippen molar-refractivity contribution in [1.29, 1.82) is 0 Å². The second kappa shape index (κ2) is 11.2. The van der Waals surface area contributed by atoms with E-state index in [0.717, 1.165) is 30.3 Å². The van der Waals surface area contributed by atoms with E-state index in [0.29, 0.717) is 0 Å². The molecule has 1 aliphatic rings. The highest BCUT2D eigenvalue weighted by Gasteiger charge is 2.49. The molecule has 5 rings (SSSR count). The molecule has 15 nitrogen and oxygen atoms in total. The topological polar surface area (TPSA) is 258 Å². The second-order valence-electron chi connectivity index (χ2n) is 9.58. The number of ether oxygens (including phenoxy) is 3. The molecule has 2 unspecified atom stereocenters. The van der Waals surface area contributed by atoms with Crippen LogP contribution in [0.25, 0.3) is 22.3 Å². The highest BCUT2D eigenvalue weighted by molar-refractivity contribution is 5.91. The number of carbonyl (C=O) groups excluding carboxylic acids is 1. The highest BCUT2D eigenvalue weighted by Crippen LogP contribution is 2.42. The molecule has 2 heterocycles. The fraction of sp³-hybridized carbons (Fsp3) is 0.214. The number of carbonyl (C=O) groups is 1. The number of rotatable bonds is 6. The van der Waals surface area contributed by atoms with E-state index in [2.05, 4.69) is 0 Å². The van der Waals surface area contributed by atoms with Gasteiger partial charge in [-0.2, -0.15) is 0 Å². The highest BCUT2D eigenvalue weighted by atomic mass is 16.7. The number of aliphatic hydroxyl groups excluding tert-OH is 3. The van der Waals surface area contributed by atoms with Crippen LogP contribution in [0.15, 0.2) is 52.9 Å². The number of aromatic hydroxyl groups is 7. The first-order valence-corrected chi connectivity index (χ1v) is 12.5. The van der Waals surface area contributed by atoms with Crippen molar-refractivity contribution in [2.24, 2.45) is 0 Å². The van der Waals surface area contributed by atoms with E-state index in [-0.39, 0.29) is 33.8 Å². The first kappa shape index (κ1) is 29.3. The minimum absolute atomic E-state index is 0.0123. The Morgan fingerprint density at radius 1 is 0.814 bits per heavy atom. The van der Waals surface area contributed by atoms with Crippen molar-refractivity contribution >= 4 is 16.9 Å². The quantitative estimate of drug-likeness (QED) is 0.0850. The Labute approximate surface area is 240 Å². The zero-order valence-corrected chi connectivity index (χ0v) is 21.7. The lowest BCUT2D eigenvalue weighted by Gasteiger charge is -2.41. The van der Waals surface area contributed by atoms with Gasteiger partial charge in [0.15, 0.2) is 34.9 Å². The van der Waals surface area contributed by atoms with Crippen molar-refractivity contribution in [1.82, 2.24) is 0 Å². The summed E-state index contributed by atoms with van der Waals surface area (Å²) >= 11 is 0. The maximum atomic E-state index is 12.9. The van der Waals surface area contributed by atoms with Gasteiger partial charge >= 0.3 is 17.3 Å². The standard InChI is InChI=1S/C28H24O15/c29-9-21-23(37)24(38)26(43-27(39)11-4-17(34)22(36)18(35)5-11)28(42-21)41-20-8-13-15(32)6-12(30)7-19(13)40-25(20)10-1-2-14(31)16(33)3-10/h1-8,21,23-24,26,28-29,37-38H,9H2,(H6-,30,31,32,33,34,35,36,39)/p+1/t21?,23-,24?,26+,28+/m0/s1. The summed E-state index contributed by atoms with van der Waals surface area (Å²) in [5.41, 5.74) is -0.410. The minimum atomic E-state index is -1.93. The molecule has 226 valence electrons.